The summed E-state index contributed by atoms with van der Waals surface area (Å²) >= 11 is 0. The molecule has 0 radical (unpaired) electrons. The number of hydrogen-bond donors (Lipinski definition) is 1. The Morgan fingerprint density at radius 2 is 2.15 bits per heavy atom. The van der Waals surface area contributed by atoms with Crippen LogP contribution in [0.1, 0.15) is 17.7 Å². The zero-order valence-corrected chi connectivity index (χ0v) is 6.26. The van der Waals surface area contributed by atoms with Gasteiger partial charge in [-0.3, -0.25) is 4.98 Å². The second kappa shape index (κ2) is 3.31. The fraction of sp³-hybridized carbons (Fsp3) is 0.143. The van der Waals surface area contributed by atoms with Crippen LogP contribution in [0.25, 0.3) is 0 Å². The first-order valence-corrected chi connectivity index (χ1v) is 3.20. The number of nitrogens with two attached hydrogens (primary N) is 1. The Morgan fingerprint density at radius 1 is 1.54 bits per heavy atom. The highest BCUT2D eigenvalue weighted by molar-refractivity contribution is 5.54. The van der Waals surface area contributed by atoms with Crippen LogP contribution in [0.2, 0.25) is 0 Å². The summed E-state index contributed by atoms with van der Waals surface area (Å²) < 4.78 is 36.9. The van der Waals surface area contributed by atoms with Crippen LogP contribution in [-0.2, 0) is 0 Å². The van der Waals surface area contributed by atoms with Gasteiger partial charge in [-0.25, -0.2) is 13.2 Å². The molecule has 1 aromatic heterocycles. The van der Waals surface area contributed by atoms with Gasteiger partial charge in [0.25, 0.3) is 6.43 Å². The Bertz CT molecular complexity index is 370. The minimum absolute atomic E-state index is 0.248. The maximum absolute atomic E-state index is 12.9. The number of anilines is 1. The third kappa shape index (κ3) is 1.54. The Balaban J connectivity index is 3.33. The third-order valence-electron chi connectivity index (χ3n) is 1.41. The van der Waals surface area contributed by atoms with Gasteiger partial charge < -0.3 is 5.73 Å². The van der Waals surface area contributed by atoms with Crippen molar-refractivity contribution in [1.82, 2.24) is 4.98 Å². The minimum Gasteiger partial charge on any atom is -0.395 e. The molecule has 0 saturated heterocycles. The molecule has 0 saturated carbocycles. The van der Waals surface area contributed by atoms with E-state index in [9.17, 15) is 13.2 Å². The number of nitrogens with zero attached hydrogens (tertiary/aromatic N) is 2. The lowest BCUT2D eigenvalue weighted by Gasteiger charge is -2.03. The Morgan fingerprint density at radius 3 is 2.62 bits per heavy atom. The Kier molecular flexibility index (Phi) is 2.37. The van der Waals surface area contributed by atoms with E-state index in [-0.39, 0.29) is 5.56 Å². The van der Waals surface area contributed by atoms with Crippen LogP contribution in [0.15, 0.2) is 6.20 Å². The van der Waals surface area contributed by atoms with Gasteiger partial charge in [-0.2, -0.15) is 5.26 Å². The zero-order chi connectivity index (χ0) is 10.0. The van der Waals surface area contributed by atoms with Gasteiger partial charge in [-0.05, 0) is 0 Å². The molecule has 3 nitrogen and oxygen atoms in total. The molecule has 0 unspecified atom stereocenters. The molecule has 1 rings (SSSR count). The normalized spacial score (nSPS) is 10.1. The molecular formula is C7H4F3N3. The monoisotopic (exact) mass is 187 g/mol. The fourth-order valence-electron chi connectivity index (χ4n) is 0.758. The molecule has 6 heteroatoms. The second-order valence-electron chi connectivity index (χ2n) is 2.20. The van der Waals surface area contributed by atoms with E-state index in [2.05, 4.69) is 4.98 Å². The van der Waals surface area contributed by atoms with Crippen molar-refractivity contribution in [3.63, 3.8) is 0 Å². The van der Waals surface area contributed by atoms with Gasteiger partial charge in [0.1, 0.15) is 11.8 Å². The molecule has 0 atom stereocenters. The molecule has 0 amide bonds. The van der Waals surface area contributed by atoms with Crippen molar-refractivity contribution in [3.8, 4) is 6.07 Å². The zero-order valence-electron chi connectivity index (χ0n) is 6.26. The largest absolute Gasteiger partial charge is 0.395 e. The van der Waals surface area contributed by atoms with Crippen LogP contribution in [-0.4, -0.2) is 4.98 Å². The lowest BCUT2D eigenvalue weighted by atomic mass is 10.2. The molecule has 0 bridgehead atoms. The van der Waals surface area contributed by atoms with E-state index in [0.717, 1.165) is 6.20 Å². The van der Waals surface area contributed by atoms with E-state index in [0.29, 0.717) is 0 Å². The number of hydrogen-bond acceptors (Lipinski definition) is 3. The number of aromatic nitrogens is 1. The molecule has 0 fully saturated rings. The smallest absolute Gasteiger partial charge is 0.283 e. The van der Waals surface area contributed by atoms with Crippen LogP contribution >= 0.6 is 0 Å². The summed E-state index contributed by atoms with van der Waals surface area (Å²) in [7, 11) is 0. The highest BCUT2D eigenvalue weighted by Crippen LogP contribution is 2.24. The van der Waals surface area contributed by atoms with E-state index in [1.165, 1.54) is 6.07 Å². The van der Waals surface area contributed by atoms with Gasteiger partial charge in [-0.1, -0.05) is 0 Å². The van der Waals surface area contributed by atoms with Gasteiger partial charge in [0.05, 0.1) is 11.3 Å². The highest BCUT2D eigenvalue weighted by Gasteiger charge is 2.19. The predicted octanol–water partition coefficient (Wildman–Crippen LogP) is 1.61. The summed E-state index contributed by atoms with van der Waals surface area (Å²) in [5.74, 6) is -1.32. The van der Waals surface area contributed by atoms with Gasteiger partial charge in [0.2, 0.25) is 0 Å². The first-order chi connectivity index (χ1) is 6.07. The van der Waals surface area contributed by atoms with Crippen LogP contribution < -0.4 is 5.73 Å². The summed E-state index contributed by atoms with van der Waals surface area (Å²) in [5, 5.41) is 8.35. The maximum atomic E-state index is 12.9. The Hall–Kier alpha value is -1.77. The number of pyridine rings is 1. The van der Waals surface area contributed by atoms with Crippen molar-refractivity contribution in [1.29, 1.82) is 5.26 Å². The van der Waals surface area contributed by atoms with Crippen molar-refractivity contribution in [2.45, 2.75) is 6.43 Å². The first-order valence-electron chi connectivity index (χ1n) is 3.20. The molecule has 2 N–H and O–H groups in total. The topological polar surface area (TPSA) is 62.7 Å². The van der Waals surface area contributed by atoms with Gasteiger partial charge in [0, 0.05) is 6.20 Å². The molecular weight excluding hydrogens is 183 g/mol. The van der Waals surface area contributed by atoms with Crippen LogP contribution in [0.3, 0.4) is 0 Å². The molecule has 13 heavy (non-hydrogen) atoms. The molecule has 1 aromatic rings. The van der Waals surface area contributed by atoms with Crippen molar-refractivity contribution in [2.24, 2.45) is 0 Å². The molecule has 0 aromatic carbocycles. The number of nitrogen functional groups attached to an aromatic ring is 1. The van der Waals surface area contributed by atoms with E-state index in [1.54, 1.807) is 0 Å². The molecule has 0 aliphatic rings. The molecule has 68 valence electrons. The maximum Gasteiger partial charge on any atom is 0.283 e. The fourth-order valence-corrected chi connectivity index (χ4v) is 0.758. The minimum atomic E-state index is -3.03. The molecule has 0 aliphatic heterocycles. The van der Waals surface area contributed by atoms with E-state index in [4.69, 9.17) is 11.0 Å². The van der Waals surface area contributed by atoms with Gasteiger partial charge in [0.15, 0.2) is 5.82 Å². The van der Waals surface area contributed by atoms with Crippen molar-refractivity contribution in [3.05, 3.63) is 23.3 Å². The molecule has 0 aliphatic carbocycles. The van der Waals surface area contributed by atoms with Gasteiger partial charge in [-0.15, -0.1) is 0 Å². The van der Waals surface area contributed by atoms with Crippen LogP contribution in [0.4, 0.5) is 18.9 Å². The summed E-state index contributed by atoms with van der Waals surface area (Å²) in [6.07, 6.45) is -2.21. The van der Waals surface area contributed by atoms with Crippen molar-refractivity contribution >= 4 is 5.69 Å². The van der Waals surface area contributed by atoms with E-state index >= 15 is 0 Å². The lowest BCUT2D eigenvalue weighted by Crippen LogP contribution is -2.03. The summed E-state index contributed by atoms with van der Waals surface area (Å²) in [6.45, 7) is 0. The van der Waals surface area contributed by atoms with Crippen LogP contribution in [0, 0.1) is 17.1 Å². The third-order valence-corrected chi connectivity index (χ3v) is 1.41. The average molecular weight is 187 g/mol. The molecule has 1 heterocycles. The summed E-state index contributed by atoms with van der Waals surface area (Å²) in [6, 6.07) is 1.53. The van der Waals surface area contributed by atoms with Crippen LogP contribution in [0.5, 0.6) is 0 Å². The summed E-state index contributed by atoms with van der Waals surface area (Å²) in [4.78, 5) is 3.08. The number of nitriles is 1. The van der Waals surface area contributed by atoms with E-state index < -0.39 is 23.6 Å². The van der Waals surface area contributed by atoms with Gasteiger partial charge >= 0.3 is 0 Å². The summed E-state index contributed by atoms with van der Waals surface area (Å²) in [5.41, 5.74) is 3.19. The SMILES string of the molecule is N#Cc1cnc(C(F)F)c(F)c1N. The quantitative estimate of drug-likeness (QED) is 0.726. The lowest BCUT2D eigenvalue weighted by molar-refractivity contribution is 0.141. The number of alkyl halides is 2. The number of halogens is 3. The number of rotatable bonds is 1. The van der Waals surface area contributed by atoms with E-state index in [1.807, 2.05) is 0 Å². The average Bonchev–Trinajstić information content (AvgIpc) is 2.09. The van der Waals surface area contributed by atoms with Crippen molar-refractivity contribution in [2.75, 3.05) is 5.73 Å². The van der Waals surface area contributed by atoms with Crippen molar-refractivity contribution < 1.29 is 13.2 Å². The second-order valence-corrected chi connectivity index (χ2v) is 2.20. The first kappa shape index (κ1) is 9.32. The predicted molar refractivity (Wildman–Crippen MR) is 38.3 cm³/mol. The molecule has 0 spiro atoms. The Labute approximate surface area is 71.6 Å². The standard InChI is InChI=1S/C7H4F3N3/c8-4-5(12)3(1-11)2-13-6(4)7(9)10/h2,7H,(H2,12,13). The highest BCUT2D eigenvalue weighted by atomic mass is 19.3.